The van der Waals surface area contributed by atoms with E-state index < -0.39 is 24.2 Å². The van der Waals surface area contributed by atoms with Gasteiger partial charge in [-0.3, -0.25) is 9.69 Å². The van der Waals surface area contributed by atoms with Gasteiger partial charge in [0.1, 0.15) is 17.9 Å². The van der Waals surface area contributed by atoms with Crippen LogP contribution in [0.2, 0.25) is 0 Å². The van der Waals surface area contributed by atoms with Gasteiger partial charge in [0.25, 0.3) is 0 Å². The lowest BCUT2D eigenvalue weighted by molar-refractivity contribution is -0.138. The summed E-state index contributed by atoms with van der Waals surface area (Å²) in [6, 6.07) is 3.34. The van der Waals surface area contributed by atoms with Crippen molar-refractivity contribution in [3.63, 3.8) is 0 Å². The Morgan fingerprint density at radius 2 is 2.11 bits per heavy atom. The third kappa shape index (κ3) is 4.90. The van der Waals surface area contributed by atoms with Crippen molar-refractivity contribution in [3.8, 4) is 0 Å². The van der Waals surface area contributed by atoms with Crippen molar-refractivity contribution in [2.75, 3.05) is 6.54 Å². The minimum absolute atomic E-state index is 0.0637. The van der Waals surface area contributed by atoms with E-state index in [1.54, 1.807) is 32.9 Å². The molecule has 0 radical (unpaired) electrons. The summed E-state index contributed by atoms with van der Waals surface area (Å²) in [6.07, 6.45) is 0.782. The molecule has 0 spiro atoms. The van der Waals surface area contributed by atoms with Gasteiger partial charge in [-0.15, -0.1) is 0 Å². The summed E-state index contributed by atoms with van der Waals surface area (Å²) >= 11 is 0. The van der Waals surface area contributed by atoms with E-state index in [9.17, 15) is 9.59 Å². The van der Waals surface area contributed by atoms with E-state index in [0.717, 1.165) is 4.90 Å². The average Bonchev–Trinajstić information content (AvgIpc) is 2.65. The van der Waals surface area contributed by atoms with E-state index in [-0.39, 0.29) is 6.54 Å². The number of aliphatic carboxylic acids is 1. The maximum atomic E-state index is 11.8. The van der Waals surface area contributed by atoms with Crippen LogP contribution in [-0.4, -0.2) is 34.2 Å². The first-order valence-corrected chi connectivity index (χ1v) is 5.50. The highest BCUT2D eigenvalue weighted by molar-refractivity contribution is 5.76. The van der Waals surface area contributed by atoms with Crippen LogP contribution in [0.25, 0.3) is 0 Å². The number of hydrogen-bond acceptors (Lipinski definition) is 4. The lowest BCUT2D eigenvalue weighted by atomic mass is 10.2. The van der Waals surface area contributed by atoms with Crippen molar-refractivity contribution < 1.29 is 23.8 Å². The van der Waals surface area contributed by atoms with Crippen LogP contribution >= 0.6 is 0 Å². The van der Waals surface area contributed by atoms with Gasteiger partial charge in [0, 0.05) is 0 Å². The van der Waals surface area contributed by atoms with Crippen molar-refractivity contribution in [3.05, 3.63) is 24.2 Å². The van der Waals surface area contributed by atoms with Crippen molar-refractivity contribution in [1.29, 1.82) is 0 Å². The molecular formula is C12H17NO5. The van der Waals surface area contributed by atoms with E-state index in [1.807, 2.05) is 0 Å². The summed E-state index contributed by atoms with van der Waals surface area (Å²) in [4.78, 5) is 23.6. The Hall–Kier alpha value is -1.98. The van der Waals surface area contributed by atoms with Gasteiger partial charge < -0.3 is 14.3 Å². The van der Waals surface area contributed by atoms with Crippen LogP contribution in [0.1, 0.15) is 26.5 Å². The summed E-state index contributed by atoms with van der Waals surface area (Å²) in [6.45, 7) is 4.79. The first-order valence-electron chi connectivity index (χ1n) is 5.50. The quantitative estimate of drug-likeness (QED) is 0.891. The predicted molar refractivity (Wildman–Crippen MR) is 63.0 cm³/mol. The van der Waals surface area contributed by atoms with E-state index in [4.69, 9.17) is 14.3 Å². The van der Waals surface area contributed by atoms with Crippen LogP contribution in [-0.2, 0) is 16.1 Å². The molecule has 1 aromatic rings. The maximum Gasteiger partial charge on any atom is 0.411 e. The average molecular weight is 255 g/mol. The summed E-state index contributed by atoms with van der Waals surface area (Å²) in [5.74, 6) is -0.602. The molecule has 0 aliphatic heterocycles. The Labute approximate surface area is 105 Å². The van der Waals surface area contributed by atoms with Crippen LogP contribution in [0.15, 0.2) is 22.8 Å². The van der Waals surface area contributed by atoms with Crippen LogP contribution in [0, 0.1) is 0 Å². The van der Waals surface area contributed by atoms with Crippen LogP contribution in [0.5, 0.6) is 0 Å². The van der Waals surface area contributed by atoms with Crippen molar-refractivity contribution in [2.24, 2.45) is 0 Å². The second-order valence-corrected chi connectivity index (χ2v) is 4.81. The molecule has 0 saturated heterocycles. The maximum absolute atomic E-state index is 11.8. The lowest BCUT2D eigenvalue weighted by Gasteiger charge is -2.25. The van der Waals surface area contributed by atoms with E-state index >= 15 is 0 Å². The lowest BCUT2D eigenvalue weighted by Crippen LogP contribution is -2.39. The Morgan fingerprint density at radius 1 is 1.44 bits per heavy atom. The molecule has 1 amide bonds. The Balaban J connectivity index is 2.71. The number of furan rings is 1. The number of carboxylic acids is 1. The number of carboxylic acid groups (broad SMARTS) is 1. The molecule has 100 valence electrons. The summed E-state index contributed by atoms with van der Waals surface area (Å²) in [5, 5.41) is 8.78. The van der Waals surface area contributed by atoms with Crippen molar-refractivity contribution in [1.82, 2.24) is 4.90 Å². The third-order valence-electron chi connectivity index (χ3n) is 1.90. The molecule has 0 aliphatic carbocycles. The molecule has 1 N–H and O–H groups in total. The van der Waals surface area contributed by atoms with Gasteiger partial charge >= 0.3 is 12.1 Å². The van der Waals surface area contributed by atoms with Gasteiger partial charge in [-0.1, -0.05) is 0 Å². The van der Waals surface area contributed by atoms with Gasteiger partial charge in [-0.05, 0) is 32.9 Å². The summed E-state index contributed by atoms with van der Waals surface area (Å²) < 4.78 is 10.2. The molecule has 1 aromatic heterocycles. The number of carbonyl (C=O) groups excluding carboxylic acids is 1. The second-order valence-electron chi connectivity index (χ2n) is 4.81. The van der Waals surface area contributed by atoms with E-state index in [0.29, 0.717) is 5.76 Å². The summed E-state index contributed by atoms with van der Waals surface area (Å²) in [5.41, 5.74) is -0.670. The Kier molecular flexibility index (Phi) is 4.36. The van der Waals surface area contributed by atoms with Crippen molar-refractivity contribution >= 4 is 12.1 Å². The molecule has 6 nitrogen and oxygen atoms in total. The highest BCUT2D eigenvalue weighted by Gasteiger charge is 2.24. The first-order chi connectivity index (χ1) is 8.28. The topological polar surface area (TPSA) is 80.0 Å². The fraction of sp³-hybridized carbons (Fsp3) is 0.500. The van der Waals surface area contributed by atoms with Crippen LogP contribution < -0.4 is 0 Å². The van der Waals surface area contributed by atoms with E-state index in [2.05, 4.69) is 0 Å². The normalized spacial score (nSPS) is 11.1. The van der Waals surface area contributed by atoms with Gasteiger partial charge in [0.2, 0.25) is 0 Å². The monoisotopic (exact) mass is 255 g/mol. The zero-order valence-electron chi connectivity index (χ0n) is 10.7. The van der Waals surface area contributed by atoms with E-state index in [1.165, 1.54) is 6.26 Å². The second kappa shape index (κ2) is 5.57. The highest BCUT2D eigenvalue weighted by atomic mass is 16.6. The molecular weight excluding hydrogens is 238 g/mol. The van der Waals surface area contributed by atoms with Gasteiger partial charge in [-0.2, -0.15) is 0 Å². The SMILES string of the molecule is CC(C)(C)OC(=O)N(CC(=O)O)Cc1ccco1. The largest absolute Gasteiger partial charge is 0.480 e. The molecule has 0 aromatic carbocycles. The molecule has 0 aliphatic rings. The third-order valence-corrected chi connectivity index (χ3v) is 1.90. The minimum atomic E-state index is -1.10. The molecule has 6 heteroatoms. The number of hydrogen-bond donors (Lipinski definition) is 1. The fourth-order valence-electron chi connectivity index (χ4n) is 1.27. The number of ether oxygens (including phenoxy) is 1. The molecule has 0 bridgehead atoms. The number of amides is 1. The smallest absolute Gasteiger partial charge is 0.411 e. The predicted octanol–water partition coefficient (Wildman–Crippen LogP) is 2.10. The zero-order chi connectivity index (χ0) is 13.8. The highest BCUT2D eigenvalue weighted by Crippen LogP contribution is 2.12. The number of rotatable bonds is 4. The van der Waals surface area contributed by atoms with Crippen LogP contribution in [0.4, 0.5) is 4.79 Å². The number of carbonyl (C=O) groups is 2. The first kappa shape index (κ1) is 14.1. The standard InChI is InChI=1S/C12H17NO5/c1-12(2,3)18-11(16)13(8-10(14)15)7-9-5-4-6-17-9/h4-6H,7-8H2,1-3H3,(H,14,15). The van der Waals surface area contributed by atoms with Gasteiger partial charge in [0.05, 0.1) is 12.8 Å². The molecule has 0 fully saturated rings. The summed E-state index contributed by atoms with van der Waals surface area (Å²) in [7, 11) is 0. The zero-order valence-corrected chi connectivity index (χ0v) is 10.7. The van der Waals surface area contributed by atoms with Crippen molar-refractivity contribution in [2.45, 2.75) is 32.9 Å². The fourth-order valence-corrected chi connectivity index (χ4v) is 1.27. The number of nitrogens with zero attached hydrogens (tertiary/aromatic N) is 1. The van der Waals surface area contributed by atoms with Gasteiger partial charge in [-0.25, -0.2) is 4.79 Å². The molecule has 0 atom stereocenters. The Bertz CT molecular complexity index is 405. The van der Waals surface area contributed by atoms with Crippen LogP contribution in [0.3, 0.4) is 0 Å². The molecule has 0 unspecified atom stereocenters. The van der Waals surface area contributed by atoms with Gasteiger partial charge in [0.15, 0.2) is 0 Å². The molecule has 0 saturated carbocycles. The minimum Gasteiger partial charge on any atom is -0.480 e. The molecule has 1 rings (SSSR count). The molecule has 18 heavy (non-hydrogen) atoms. The molecule has 1 heterocycles. The Morgan fingerprint density at radius 3 is 2.56 bits per heavy atom.